The molecule has 1 saturated heterocycles. The van der Waals surface area contributed by atoms with E-state index in [1.165, 1.54) is 0 Å². The molecule has 0 saturated carbocycles. The number of alkyl carbamates (subject to hydrolysis) is 1. The summed E-state index contributed by atoms with van der Waals surface area (Å²) in [6, 6.07) is -0.126. The molecule has 4 atom stereocenters. The van der Waals surface area contributed by atoms with Gasteiger partial charge in [-0.25, -0.2) is 4.79 Å². The smallest absolute Gasteiger partial charge is 0.407 e. The zero-order valence-electron chi connectivity index (χ0n) is 13.8. The summed E-state index contributed by atoms with van der Waals surface area (Å²) in [5.74, 6) is 0.108. The molecule has 0 aromatic heterocycles. The minimum absolute atomic E-state index is 0.0519. The zero-order chi connectivity index (χ0) is 16.3. The third-order valence-electron chi connectivity index (χ3n) is 3.95. The van der Waals surface area contributed by atoms with E-state index < -0.39 is 17.3 Å². The van der Waals surface area contributed by atoms with Crippen LogP contribution in [0.4, 0.5) is 4.79 Å². The highest BCUT2D eigenvalue weighted by molar-refractivity contribution is 5.68. The molecule has 1 aliphatic heterocycles. The SMILES string of the molecule is C=CCC1(CO)OC(C)C(NC(=O)OC(C)(C)C)CC1C. The van der Waals surface area contributed by atoms with Crippen molar-refractivity contribution in [2.24, 2.45) is 5.92 Å². The van der Waals surface area contributed by atoms with Gasteiger partial charge in [-0.2, -0.15) is 0 Å². The number of nitrogens with one attached hydrogen (secondary N) is 1. The van der Waals surface area contributed by atoms with Crippen LogP contribution in [0.3, 0.4) is 0 Å². The summed E-state index contributed by atoms with van der Waals surface area (Å²) in [7, 11) is 0. The van der Waals surface area contributed by atoms with Crippen molar-refractivity contribution < 1.29 is 19.4 Å². The molecular formula is C16H29NO4. The lowest BCUT2D eigenvalue weighted by atomic mass is 9.78. The fourth-order valence-electron chi connectivity index (χ4n) is 2.74. The van der Waals surface area contributed by atoms with E-state index in [0.29, 0.717) is 6.42 Å². The number of carbonyl (C=O) groups is 1. The zero-order valence-corrected chi connectivity index (χ0v) is 13.8. The normalized spacial score (nSPS) is 33.3. The van der Waals surface area contributed by atoms with Gasteiger partial charge in [-0.15, -0.1) is 6.58 Å². The van der Waals surface area contributed by atoms with Crippen molar-refractivity contribution >= 4 is 6.09 Å². The number of carbonyl (C=O) groups excluding carboxylic acids is 1. The van der Waals surface area contributed by atoms with Gasteiger partial charge in [-0.1, -0.05) is 13.0 Å². The summed E-state index contributed by atoms with van der Waals surface area (Å²) >= 11 is 0. The van der Waals surface area contributed by atoms with Crippen LogP contribution < -0.4 is 5.32 Å². The Morgan fingerprint density at radius 2 is 2.14 bits per heavy atom. The maximum atomic E-state index is 11.9. The largest absolute Gasteiger partial charge is 0.444 e. The Hall–Kier alpha value is -1.07. The minimum atomic E-state index is -0.604. The van der Waals surface area contributed by atoms with E-state index in [4.69, 9.17) is 9.47 Å². The quantitative estimate of drug-likeness (QED) is 0.783. The first-order valence-electron chi connectivity index (χ1n) is 7.52. The molecular weight excluding hydrogens is 270 g/mol. The summed E-state index contributed by atoms with van der Waals surface area (Å²) in [6.45, 7) is 13.1. The molecule has 1 heterocycles. The standard InChI is InChI=1S/C16H29NO4/c1-7-8-16(10-18)11(2)9-13(12(3)20-16)17-14(19)21-15(4,5)6/h7,11-13,18H,1,8-10H2,2-6H3,(H,17,19). The minimum Gasteiger partial charge on any atom is -0.444 e. The fraction of sp³-hybridized carbons (Fsp3) is 0.812. The number of hydrogen-bond donors (Lipinski definition) is 2. The van der Waals surface area contributed by atoms with E-state index in [1.54, 1.807) is 6.08 Å². The Labute approximate surface area is 127 Å². The number of ether oxygens (including phenoxy) is 2. The van der Waals surface area contributed by atoms with Crippen molar-refractivity contribution in [1.82, 2.24) is 5.32 Å². The second kappa shape index (κ2) is 6.79. The third-order valence-corrected chi connectivity index (χ3v) is 3.95. The van der Waals surface area contributed by atoms with Crippen LogP contribution in [0.2, 0.25) is 0 Å². The van der Waals surface area contributed by atoms with Crippen LogP contribution in [0.5, 0.6) is 0 Å². The summed E-state index contributed by atoms with van der Waals surface area (Å²) in [5.41, 5.74) is -1.13. The molecule has 1 rings (SSSR count). The van der Waals surface area contributed by atoms with Gasteiger partial charge in [0.15, 0.2) is 0 Å². The summed E-state index contributed by atoms with van der Waals surface area (Å²) in [4.78, 5) is 11.9. The molecule has 0 radical (unpaired) electrons. The van der Waals surface area contributed by atoms with Gasteiger partial charge in [-0.3, -0.25) is 0 Å². The number of rotatable bonds is 4. The number of amides is 1. The third kappa shape index (κ3) is 4.71. The maximum Gasteiger partial charge on any atom is 0.407 e. The first kappa shape index (κ1) is 18.0. The van der Waals surface area contributed by atoms with Crippen LogP contribution in [0.25, 0.3) is 0 Å². The predicted octanol–water partition coefficient (Wildman–Crippen LogP) is 2.63. The average Bonchev–Trinajstić information content (AvgIpc) is 2.33. The second-order valence-corrected chi connectivity index (χ2v) is 6.93. The van der Waals surface area contributed by atoms with Crippen molar-refractivity contribution in [2.75, 3.05) is 6.61 Å². The molecule has 5 heteroatoms. The van der Waals surface area contributed by atoms with E-state index in [1.807, 2.05) is 34.6 Å². The lowest BCUT2D eigenvalue weighted by Gasteiger charge is -2.47. The summed E-state index contributed by atoms with van der Waals surface area (Å²) < 4.78 is 11.3. The van der Waals surface area contributed by atoms with Crippen molar-refractivity contribution in [3.8, 4) is 0 Å². The topological polar surface area (TPSA) is 67.8 Å². The van der Waals surface area contributed by atoms with Crippen LogP contribution in [-0.4, -0.2) is 41.2 Å². The first-order chi connectivity index (χ1) is 9.63. The Morgan fingerprint density at radius 3 is 2.62 bits per heavy atom. The lowest BCUT2D eigenvalue weighted by Crippen LogP contribution is -2.58. The van der Waals surface area contributed by atoms with Crippen molar-refractivity contribution in [3.05, 3.63) is 12.7 Å². The van der Waals surface area contributed by atoms with Crippen LogP contribution in [0, 0.1) is 5.92 Å². The van der Waals surface area contributed by atoms with E-state index in [-0.39, 0.29) is 24.7 Å². The Balaban J connectivity index is 2.69. The molecule has 0 aromatic rings. The molecule has 0 aromatic carbocycles. The Kier molecular flexibility index (Phi) is 5.82. The highest BCUT2D eigenvalue weighted by Crippen LogP contribution is 2.37. The van der Waals surface area contributed by atoms with Crippen molar-refractivity contribution in [2.45, 2.75) is 70.8 Å². The predicted molar refractivity (Wildman–Crippen MR) is 82.1 cm³/mol. The van der Waals surface area contributed by atoms with E-state index >= 15 is 0 Å². The highest BCUT2D eigenvalue weighted by Gasteiger charge is 2.45. The molecule has 1 aliphatic rings. The fourth-order valence-corrected chi connectivity index (χ4v) is 2.74. The molecule has 21 heavy (non-hydrogen) atoms. The second-order valence-electron chi connectivity index (χ2n) is 6.93. The molecule has 0 bridgehead atoms. The van der Waals surface area contributed by atoms with Crippen LogP contribution >= 0.6 is 0 Å². The van der Waals surface area contributed by atoms with Crippen molar-refractivity contribution in [3.63, 3.8) is 0 Å². The molecule has 4 unspecified atom stereocenters. The highest BCUT2D eigenvalue weighted by atomic mass is 16.6. The number of aliphatic hydroxyl groups is 1. The monoisotopic (exact) mass is 299 g/mol. The van der Waals surface area contributed by atoms with Gasteiger partial charge < -0.3 is 19.9 Å². The van der Waals surface area contributed by atoms with E-state index in [0.717, 1.165) is 6.42 Å². The van der Waals surface area contributed by atoms with Gasteiger partial charge in [0, 0.05) is 0 Å². The van der Waals surface area contributed by atoms with Gasteiger partial charge in [0.05, 0.1) is 24.4 Å². The number of hydrogen-bond acceptors (Lipinski definition) is 4. The molecule has 1 amide bonds. The lowest BCUT2D eigenvalue weighted by molar-refractivity contribution is -0.181. The summed E-state index contributed by atoms with van der Waals surface area (Å²) in [6.07, 6.45) is 2.46. The molecule has 1 fully saturated rings. The molecule has 5 nitrogen and oxygen atoms in total. The summed E-state index contributed by atoms with van der Waals surface area (Å²) in [5, 5.41) is 12.6. The van der Waals surface area contributed by atoms with Crippen LogP contribution in [0.15, 0.2) is 12.7 Å². The van der Waals surface area contributed by atoms with Gasteiger partial charge >= 0.3 is 6.09 Å². The van der Waals surface area contributed by atoms with E-state index in [2.05, 4.69) is 11.9 Å². The van der Waals surface area contributed by atoms with Gasteiger partial charge in [0.1, 0.15) is 5.60 Å². The van der Waals surface area contributed by atoms with Gasteiger partial charge in [0.25, 0.3) is 0 Å². The van der Waals surface area contributed by atoms with Gasteiger partial charge in [-0.05, 0) is 46.5 Å². The Bertz CT molecular complexity index is 377. The van der Waals surface area contributed by atoms with E-state index in [9.17, 15) is 9.90 Å². The first-order valence-corrected chi connectivity index (χ1v) is 7.52. The molecule has 122 valence electrons. The number of aliphatic hydroxyl groups excluding tert-OH is 1. The van der Waals surface area contributed by atoms with Crippen molar-refractivity contribution in [1.29, 1.82) is 0 Å². The van der Waals surface area contributed by atoms with Gasteiger partial charge in [0.2, 0.25) is 0 Å². The Morgan fingerprint density at radius 1 is 1.52 bits per heavy atom. The molecule has 0 aliphatic carbocycles. The maximum absolute atomic E-state index is 11.9. The van der Waals surface area contributed by atoms with Crippen LogP contribution in [-0.2, 0) is 9.47 Å². The average molecular weight is 299 g/mol. The van der Waals surface area contributed by atoms with Crippen LogP contribution in [0.1, 0.15) is 47.5 Å². The molecule has 2 N–H and O–H groups in total. The molecule has 0 spiro atoms.